The second-order valence-electron chi connectivity index (χ2n) is 8.97. The van der Waals surface area contributed by atoms with Gasteiger partial charge in [0.25, 0.3) is 0 Å². The summed E-state index contributed by atoms with van der Waals surface area (Å²) in [5.74, 6) is 0.797. The number of nitrogens with two attached hydrogens (primary N) is 1. The van der Waals surface area contributed by atoms with Crippen molar-refractivity contribution in [1.29, 1.82) is 0 Å². The van der Waals surface area contributed by atoms with Crippen molar-refractivity contribution in [2.75, 3.05) is 27.4 Å². The number of fused-ring (bicyclic) bond motifs is 1. The van der Waals surface area contributed by atoms with Gasteiger partial charge in [-0.2, -0.15) is 0 Å². The first-order valence-corrected chi connectivity index (χ1v) is 12.5. The highest BCUT2D eigenvalue weighted by molar-refractivity contribution is 5.88. The van der Waals surface area contributed by atoms with E-state index < -0.39 is 12.0 Å². The molecule has 4 rings (SSSR count). The first kappa shape index (κ1) is 26.8. The average molecular weight is 516 g/mol. The first-order valence-electron chi connectivity index (χ1n) is 12.5. The number of aromatic amines is 1. The Morgan fingerprint density at radius 3 is 2.53 bits per heavy atom. The number of nitrogens with one attached hydrogen (secondary N) is 2. The van der Waals surface area contributed by atoms with Crippen LogP contribution in [0.3, 0.4) is 0 Å². The summed E-state index contributed by atoms with van der Waals surface area (Å²) >= 11 is 0. The predicted octanol–water partition coefficient (Wildman–Crippen LogP) is 4.20. The number of hydrogen-bond donors (Lipinski definition) is 3. The Labute approximate surface area is 222 Å². The highest BCUT2D eigenvalue weighted by Crippen LogP contribution is 2.28. The third kappa shape index (κ3) is 6.52. The van der Waals surface area contributed by atoms with E-state index in [1.807, 2.05) is 54.7 Å². The number of H-pyrrole nitrogens is 1. The van der Waals surface area contributed by atoms with Crippen LogP contribution in [0.4, 0.5) is 0 Å². The van der Waals surface area contributed by atoms with Crippen molar-refractivity contribution in [3.05, 3.63) is 90.1 Å². The van der Waals surface area contributed by atoms with Gasteiger partial charge in [0.2, 0.25) is 5.91 Å². The Hall–Kier alpha value is -4.30. The fourth-order valence-corrected chi connectivity index (χ4v) is 4.45. The van der Waals surface area contributed by atoms with Crippen LogP contribution in [-0.2, 0) is 16.0 Å². The molecule has 4 aromatic rings. The van der Waals surface area contributed by atoms with Gasteiger partial charge in [0.05, 0.1) is 20.1 Å². The van der Waals surface area contributed by atoms with Gasteiger partial charge >= 0.3 is 0 Å². The standard InChI is InChI=1S/C30H33N3O5/c1-36-21-9-7-10-22(16-21)38-19-27(34)25(30(31)24-17-32-26-12-5-4-11-23(24)26)18-33-29(35)15-14-20-8-3-6-13-28(20)37-2/h3-13,16-17,25,30,32H,14-15,18-19,31H2,1-2H3,(H,33,35). The molecule has 0 fully saturated rings. The molecule has 0 radical (unpaired) electrons. The summed E-state index contributed by atoms with van der Waals surface area (Å²) < 4.78 is 16.4. The second-order valence-corrected chi connectivity index (χ2v) is 8.97. The monoisotopic (exact) mass is 515 g/mol. The van der Waals surface area contributed by atoms with E-state index in [-0.39, 0.29) is 31.3 Å². The van der Waals surface area contributed by atoms with Crippen LogP contribution in [0, 0.1) is 5.92 Å². The number of benzene rings is 3. The van der Waals surface area contributed by atoms with Gasteiger partial charge in [0.15, 0.2) is 5.78 Å². The number of ether oxygens (including phenoxy) is 3. The molecular weight excluding hydrogens is 482 g/mol. The Bertz CT molecular complexity index is 1380. The first-order chi connectivity index (χ1) is 18.5. The molecule has 0 aliphatic heterocycles. The number of rotatable bonds is 13. The van der Waals surface area contributed by atoms with E-state index in [0.717, 1.165) is 27.8 Å². The van der Waals surface area contributed by atoms with Crippen LogP contribution < -0.4 is 25.3 Å². The highest BCUT2D eigenvalue weighted by atomic mass is 16.5. The Morgan fingerprint density at radius 2 is 1.71 bits per heavy atom. The summed E-state index contributed by atoms with van der Waals surface area (Å²) in [5.41, 5.74) is 9.35. The maximum absolute atomic E-state index is 13.4. The summed E-state index contributed by atoms with van der Waals surface area (Å²) in [4.78, 5) is 29.4. The maximum Gasteiger partial charge on any atom is 0.220 e. The average Bonchev–Trinajstić information content (AvgIpc) is 3.39. The van der Waals surface area contributed by atoms with Gasteiger partial charge in [-0.1, -0.05) is 42.5 Å². The zero-order chi connectivity index (χ0) is 26.9. The number of carbonyl (C=O) groups is 2. The maximum atomic E-state index is 13.4. The van der Waals surface area contributed by atoms with E-state index in [1.165, 1.54) is 0 Å². The lowest BCUT2D eigenvalue weighted by molar-refractivity contribution is -0.126. The minimum absolute atomic E-state index is 0.0890. The third-order valence-electron chi connectivity index (χ3n) is 6.58. The van der Waals surface area contributed by atoms with E-state index in [1.54, 1.807) is 38.5 Å². The van der Waals surface area contributed by atoms with Crippen molar-refractivity contribution in [2.45, 2.75) is 18.9 Å². The molecule has 0 spiro atoms. The van der Waals surface area contributed by atoms with E-state index in [0.29, 0.717) is 17.9 Å². The molecule has 2 unspecified atom stereocenters. The zero-order valence-electron chi connectivity index (χ0n) is 21.6. The van der Waals surface area contributed by atoms with Crippen LogP contribution in [0.2, 0.25) is 0 Å². The lowest BCUT2D eigenvalue weighted by atomic mass is 9.90. The topological polar surface area (TPSA) is 116 Å². The van der Waals surface area contributed by atoms with Crippen LogP contribution in [-0.4, -0.2) is 44.0 Å². The molecule has 0 aliphatic rings. The van der Waals surface area contributed by atoms with Crippen LogP contribution in [0.15, 0.2) is 79.0 Å². The molecule has 8 nitrogen and oxygen atoms in total. The molecule has 0 bridgehead atoms. The zero-order valence-corrected chi connectivity index (χ0v) is 21.6. The molecule has 4 N–H and O–H groups in total. The minimum Gasteiger partial charge on any atom is -0.497 e. The van der Waals surface area contributed by atoms with E-state index in [9.17, 15) is 9.59 Å². The molecule has 1 amide bonds. The molecule has 38 heavy (non-hydrogen) atoms. The van der Waals surface area contributed by atoms with Crippen LogP contribution in [0.1, 0.15) is 23.6 Å². The smallest absolute Gasteiger partial charge is 0.220 e. The van der Waals surface area contributed by atoms with Gasteiger partial charge in [-0.3, -0.25) is 9.59 Å². The van der Waals surface area contributed by atoms with Gasteiger partial charge in [0, 0.05) is 42.2 Å². The SMILES string of the molecule is COc1cccc(OCC(=O)C(CNC(=O)CCc2ccccc2OC)C(N)c2c[nH]c3ccccc23)c1. The van der Waals surface area contributed by atoms with E-state index in [4.69, 9.17) is 19.9 Å². The van der Waals surface area contributed by atoms with Crippen LogP contribution in [0.25, 0.3) is 10.9 Å². The number of carbonyl (C=O) groups excluding carboxylic acids is 2. The van der Waals surface area contributed by atoms with Crippen LogP contribution in [0.5, 0.6) is 17.2 Å². The molecule has 198 valence electrons. The van der Waals surface area contributed by atoms with E-state index >= 15 is 0 Å². The number of Topliss-reactive ketones (excluding diaryl/α,β-unsaturated/α-hetero) is 1. The molecule has 0 saturated heterocycles. The number of hydrogen-bond acceptors (Lipinski definition) is 6. The summed E-state index contributed by atoms with van der Waals surface area (Å²) in [6.07, 6.45) is 2.59. The molecule has 2 atom stereocenters. The highest BCUT2D eigenvalue weighted by Gasteiger charge is 2.29. The Balaban J connectivity index is 1.46. The largest absolute Gasteiger partial charge is 0.497 e. The van der Waals surface area contributed by atoms with Gasteiger partial charge < -0.3 is 30.2 Å². The number of ketones is 1. The predicted molar refractivity (Wildman–Crippen MR) is 147 cm³/mol. The Kier molecular flexibility index (Phi) is 9.00. The number of aromatic nitrogens is 1. The quantitative estimate of drug-likeness (QED) is 0.246. The van der Waals surface area contributed by atoms with E-state index in [2.05, 4.69) is 10.3 Å². The van der Waals surface area contributed by atoms with Crippen LogP contribution >= 0.6 is 0 Å². The lowest BCUT2D eigenvalue weighted by Crippen LogP contribution is -2.40. The number of para-hydroxylation sites is 2. The lowest BCUT2D eigenvalue weighted by Gasteiger charge is -2.23. The molecule has 0 aliphatic carbocycles. The number of amides is 1. The minimum atomic E-state index is -0.699. The molecule has 3 aromatic carbocycles. The van der Waals surface area contributed by atoms with Gasteiger partial charge in [-0.15, -0.1) is 0 Å². The molecule has 8 heteroatoms. The van der Waals surface area contributed by atoms with Gasteiger partial charge in [-0.25, -0.2) is 0 Å². The van der Waals surface area contributed by atoms with Crippen molar-refractivity contribution in [3.63, 3.8) is 0 Å². The molecular formula is C30H33N3O5. The molecule has 1 aromatic heterocycles. The van der Waals surface area contributed by atoms with Crippen molar-refractivity contribution >= 4 is 22.6 Å². The van der Waals surface area contributed by atoms with Crippen molar-refractivity contribution in [3.8, 4) is 17.2 Å². The summed E-state index contributed by atoms with van der Waals surface area (Å²) in [6.45, 7) is -0.100. The Morgan fingerprint density at radius 1 is 0.947 bits per heavy atom. The summed E-state index contributed by atoms with van der Waals surface area (Å²) in [6, 6.07) is 21.8. The van der Waals surface area contributed by atoms with Crippen molar-refractivity contribution in [2.24, 2.45) is 11.7 Å². The normalized spacial score (nSPS) is 12.5. The number of aryl methyl sites for hydroxylation is 1. The summed E-state index contributed by atoms with van der Waals surface area (Å²) in [5, 5.41) is 3.85. The fraction of sp³-hybridized carbons (Fsp3) is 0.267. The third-order valence-corrected chi connectivity index (χ3v) is 6.58. The molecule has 1 heterocycles. The fourth-order valence-electron chi connectivity index (χ4n) is 4.45. The van der Waals surface area contributed by atoms with Gasteiger partial charge in [0.1, 0.15) is 23.9 Å². The number of methoxy groups -OCH3 is 2. The molecule has 0 saturated carbocycles. The van der Waals surface area contributed by atoms with Crippen molar-refractivity contribution < 1.29 is 23.8 Å². The van der Waals surface area contributed by atoms with Crippen molar-refractivity contribution in [1.82, 2.24) is 10.3 Å². The second kappa shape index (κ2) is 12.8. The summed E-state index contributed by atoms with van der Waals surface area (Å²) in [7, 11) is 3.17. The van der Waals surface area contributed by atoms with Gasteiger partial charge in [-0.05, 0) is 41.8 Å².